The molecule has 1 fully saturated rings. The van der Waals surface area contributed by atoms with Crippen LogP contribution in [0, 0.1) is 11.8 Å². The van der Waals surface area contributed by atoms with E-state index >= 15 is 0 Å². The van der Waals surface area contributed by atoms with E-state index in [1.807, 2.05) is 13.8 Å². The van der Waals surface area contributed by atoms with Crippen molar-refractivity contribution >= 4 is 5.97 Å². The van der Waals surface area contributed by atoms with Crippen LogP contribution in [0.25, 0.3) is 0 Å². The third-order valence-electron chi connectivity index (χ3n) is 5.18. The van der Waals surface area contributed by atoms with E-state index in [1.54, 1.807) is 0 Å². The van der Waals surface area contributed by atoms with Crippen LogP contribution in [0.2, 0.25) is 0 Å². The van der Waals surface area contributed by atoms with Gasteiger partial charge in [-0.15, -0.1) is 0 Å². The predicted octanol–water partition coefficient (Wildman–Crippen LogP) is 3.45. The molecule has 0 aromatic carbocycles. The molecular formula is C17H33NO3. The van der Waals surface area contributed by atoms with Crippen molar-refractivity contribution < 1.29 is 14.6 Å². The average Bonchev–Trinajstić information content (AvgIpc) is 2.45. The summed E-state index contributed by atoms with van der Waals surface area (Å²) in [5, 5.41) is 12.6. The molecule has 4 nitrogen and oxygen atoms in total. The molecule has 0 aliphatic heterocycles. The van der Waals surface area contributed by atoms with E-state index in [4.69, 9.17) is 4.74 Å². The van der Waals surface area contributed by atoms with Crippen LogP contribution in [0.3, 0.4) is 0 Å². The molecular weight excluding hydrogens is 266 g/mol. The molecule has 0 radical (unpaired) electrons. The summed E-state index contributed by atoms with van der Waals surface area (Å²) in [7, 11) is 0. The van der Waals surface area contributed by atoms with Crippen molar-refractivity contribution in [2.45, 2.75) is 77.9 Å². The molecule has 0 aromatic heterocycles. The molecule has 0 saturated heterocycles. The maximum Gasteiger partial charge on any atom is 0.323 e. The molecule has 1 aliphatic rings. The molecule has 124 valence electrons. The average molecular weight is 299 g/mol. The Kier molecular flexibility index (Phi) is 7.67. The van der Waals surface area contributed by atoms with Gasteiger partial charge in [0.15, 0.2) is 0 Å². The minimum atomic E-state index is -0.785. The summed E-state index contributed by atoms with van der Waals surface area (Å²) in [4.78, 5) is 11.5. The Bertz CT molecular complexity index is 321. The molecule has 4 atom stereocenters. The van der Waals surface area contributed by atoms with Gasteiger partial charge in [-0.3, -0.25) is 4.79 Å². The van der Waals surface area contributed by atoms with Crippen LogP contribution in [-0.4, -0.2) is 35.9 Å². The number of likely N-dealkylation sites (N-methyl/N-ethyl adjacent to an activating group) is 1. The van der Waals surface area contributed by atoms with Crippen molar-refractivity contribution in [1.82, 2.24) is 5.32 Å². The number of carboxylic acid groups (broad SMARTS) is 1. The highest BCUT2D eigenvalue weighted by atomic mass is 16.5. The van der Waals surface area contributed by atoms with Gasteiger partial charge in [0.25, 0.3) is 0 Å². The second-order valence-electron chi connectivity index (χ2n) is 6.64. The maximum absolute atomic E-state index is 11.5. The van der Waals surface area contributed by atoms with Gasteiger partial charge in [-0.05, 0) is 56.9 Å². The second-order valence-corrected chi connectivity index (χ2v) is 6.64. The van der Waals surface area contributed by atoms with Crippen LogP contribution in [0.5, 0.6) is 0 Å². The molecule has 4 unspecified atom stereocenters. The summed E-state index contributed by atoms with van der Waals surface area (Å²) in [6.07, 6.45) is 5.95. The fourth-order valence-electron chi connectivity index (χ4n) is 3.34. The van der Waals surface area contributed by atoms with Gasteiger partial charge in [0.1, 0.15) is 5.54 Å². The summed E-state index contributed by atoms with van der Waals surface area (Å²) < 4.78 is 5.98. The first kappa shape index (κ1) is 18.4. The molecule has 0 heterocycles. The highest BCUT2D eigenvalue weighted by Gasteiger charge is 2.35. The fraction of sp³-hybridized carbons (Fsp3) is 0.941. The first-order valence-electron chi connectivity index (χ1n) is 8.55. The number of carboxylic acids is 1. The number of nitrogens with one attached hydrogen (secondary N) is 1. The summed E-state index contributed by atoms with van der Waals surface area (Å²) >= 11 is 0. The quantitative estimate of drug-likeness (QED) is 0.640. The van der Waals surface area contributed by atoms with Crippen molar-refractivity contribution in [3.8, 4) is 0 Å². The topological polar surface area (TPSA) is 58.6 Å². The Morgan fingerprint density at radius 1 is 1.29 bits per heavy atom. The molecule has 0 amide bonds. The highest BCUT2D eigenvalue weighted by molar-refractivity contribution is 5.78. The summed E-state index contributed by atoms with van der Waals surface area (Å²) in [5.74, 6) is 0.796. The van der Waals surface area contributed by atoms with Crippen LogP contribution in [0.1, 0.15) is 66.2 Å². The zero-order chi connectivity index (χ0) is 15.9. The third-order valence-corrected chi connectivity index (χ3v) is 5.18. The van der Waals surface area contributed by atoms with Crippen molar-refractivity contribution in [1.29, 1.82) is 0 Å². The zero-order valence-electron chi connectivity index (χ0n) is 14.2. The van der Waals surface area contributed by atoms with E-state index in [2.05, 4.69) is 19.2 Å². The molecule has 0 aromatic rings. The smallest absolute Gasteiger partial charge is 0.323 e. The van der Waals surface area contributed by atoms with E-state index in [-0.39, 0.29) is 0 Å². The number of rotatable bonds is 9. The standard InChI is InChI=1S/C17H33NO3/c1-5-17(16(19)20,18-6-2)10-7-11-21-15-9-8-13(3)14(4)12-15/h13-15,18H,5-12H2,1-4H3,(H,19,20). The number of hydrogen-bond acceptors (Lipinski definition) is 3. The molecule has 1 rings (SSSR count). The van der Waals surface area contributed by atoms with Gasteiger partial charge in [-0.1, -0.05) is 27.7 Å². The van der Waals surface area contributed by atoms with E-state index < -0.39 is 11.5 Å². The number of carbonyl (C=O) groups is 1. The van der Waals surface area contributed by atoms with Gasteiger partial charge in [-0.25, -0.2) is 0 Å². The first-order valence-corrected chi connectivity index (χ1v) is 8.55. The van der Waals surface area contributed by atoms with Crippen LogP contribution >= 0.6 is 0 Å². The second kappa shape index (κ2) is 8.74. The van der Waals surface area contributed by atoms with Gasteiger partial charge in [0.2, 0.25) is 0 Å². The van der Waals surface area contributed by atoms with Gasteiger partial charge in [0.05, 0.1) is 6.10 Å². The Balaban J connectivity index is 2.33. The Labute approximate surface area is 129 Å². The lowest BCUT2D eigenvalue weighted by Crippen LogP contribution is -2.51. The molecule has 0 bridgehead atoms. The SMILES string of the molecule is CCNC(CC)(CCCOC1CCC(C)C(C)C1)C(=O)O. The monoisotopic (exact) mass is 299 g/mol. The highest BCUT2D eigenvalue weighted by Crippen LogP contribution is 2.31. The lowest BCUT2D eigenvalue weighted by atomic mass is 9.80. The Hall–Kier alpha value is -0.610. The van der Waals surface area contributed by atoms with Crippen molar-refractivity contribution in [2.75, 3.05) is 13.2 Å². The number of hydrogen-bond donors (Lipinski definition) is 2. The van der Waals surface area contributed by atoms with Gasteiger partial charge in [0, 0.05) is 6.61 Å². The third kappa shape index (κ3) is 5.26. The Morgan fingerprint density at radius 2 is 2.00 bits per heavy atom. The minimum absolute atomic E-state index is 0.371. The molecule has 4 heteroatoms. The lowest BCUT2D eigenvalue weighted by molar-refractivity contribution is -0.145. The van der Waals surface area contributed by atoms with Crippen molar-refractivity contribution in [3.05, 3.63) is 0 Å². The molecule has 2 N–H and O–H groups in total. The first-order chi connectivity index (χ1) is 9.95. The summed E-state index contributed by atoms with van der Waals surface area (Å²) in [6.45, 7) is 9.86. The largest absolute Gasteiger partial charge is 0.480 e. The van der Waals surface area contributed by atoms with E-state index in [1.165, 1.54) is 6.42 Å². The number of ether oxygens (including phenoxy) is 1. The predicted molar refractivity (Wildman–Crippen MR) is 85.5 cm³/mol. The molecule has 21 heavy (non-hydrogen) atoms. The van der Waals surface area contributed by atoms with Crippen LogP contribution in [0.15, 0.2) is 0 Å². The lowest BCUT2D eigenvalue weighted by Gasteiger charge is -2.32. The number of aliphatic carboxylic acids is 1. The van der Waals surface area contributed by atoms with E-state index in [9.17, 15) is 9.90 Å². The van der Waals surface area contributed by atoms with Crippen LogP contribution < -0.4 is 5.32 Å². The van der Waals surface area contributed by atoms with Gasteiger partial charge >= 0.3 is 5.97 Å². The maximum atomic E-state index is 11.5. The Morgan fingerprint density at radius 3 is 2.52 bits per heavy atom. The molecule has 1 saturated carbocycles. The van der Waals surface area contributed by atoms with E-state index in [0.29, 0.717) is 32.1 Å². The minimum Gasteiger partial charge on any atom is -0.480 e. The van der Waals surface area contributed by atoms with Gasteiger partial charge in [-0.2, -0.15) is 0 Å². The van der Waals surface area contributed by atoms with Crippen molar-refractivity contribution in [2.24, 2.45) is 11.8 Å². The zero-order valence-corrected chi connectivity index (χ0v) is 14.2. The van der Waals surface area contributed by atoms with Crippen LogP contribution in [-0.2, 0) is 9.53 Å². The normalized spacial score (nSPS) is 29.0. The molecule has 0 spiro atoms. The summed E-state index contributed by atoms with van der Waals surface area (Å²) in [6, 6.07) is 0. The van der Waals surface area contributed by atoms with Crippen LogP contribution in [0.4, 0.5) is 0 Å². The fourth-order valence-corrected chi connectivity index (χ4v) is 3.34. The van der Waals surface area contributed by atoms with Crippen molar-refractivity contribution in [3.63, 3.8) is 0 Å². The summed E-state index contributed by atoms with van der Waals surface area (Å²) in [5.41, 5.74) is -0.785. The molecule has 1 aliphatic carbocycles. The van der Waals surface area contributed by atoms with E-state index in [0.717, 1.165) is 31.1 Å². The van der Waals surface area contributed by atoms with Gasteiger partial charge < -0.3 is 15.2 Å².